The molecule has 2 atom stereocenters. The molecular weight excluding hydrogens is 218 g/mol. The molecule has 2 rings (SSSR count). The molecule has 0 spiro atoms. The molecule has 0 amide bonds. The Kier molecular flexibility index (Phi) is 3.12. The second-order valence-electron chi connectivity index (χ2n) is 4.60. The van der Waals surface area contributed by atoms with Crippen LogP contribution in [0.4, 0.5) is 5.82 Å². The van der Waals surface area contributed by atoms with Gasteiger partial charge in [-0.25, -0.2) is 9.97 Å². The second-order valence-corrected chi connectivity index (χ2v) is 4.60. The van der Waals surface area contributed by atoms with E-state index in [9.17, 15) is 0 Å². The van der Waals surface area contributed by atoms with Crippen LogP contribution in [0.25, 0.3) is 0 Å². The van der Waals surface area contributed by atoms with Gasteiger partial charge < -0.3 is 15.8 Å². The van der Waals surface area contributed by atoms with Crippen molar-refractivity contribution in [2.24, 2.45) is 22.7 Å². The fraction of sp³-hybridized carbons (Fsp3) is 0.545. The summed E-state index contributed by atoms with van der Waals surface area (Å²) >= 11 is 0. The molecule has 1 fully saturated rings. The zero-order valence-corrected chi connectivity index (χ0v) is 10.0. The van der Waals surface area contributed by atoms with E-state index in [-0.39, 0.29) is 5.84 Å². The van der Waals surface area contributed by atoms with Crippen molar-refractivity contribution in [3.05, 3.63) is 18.1 Å². The summed E-state index contributed by atoms with van der Waals surface area (Å²) in [7, 11) is 2.00. The van der Waals surface area contributed by atoms with Crippen LogP contribution in [0, 0.1) is 11.8 Å². The summed E-state index contributed by atoms with van der Waals surface area (Å²) in [6.07, 6.45) is 4.44. The molecule has 2 unspecified atom stereocenters. The molecule has 0 aliphatic heterocycles. The van der Waals surface area contributed by atoms with Crippen LogP contribution in [-0.4, -0.2) is 34.6 Å². The number of hydrogen-bond donors (Lipinski definition) is 2. The number of amidine groups is 1. The molecular formula is C11H17N5O. The Morgan fingerprint density at radius 2 is 2.29 bits per heavy atom. The van der Waals surface area contributed by atoms with Crippen molar-refractivity contribution in [2.75, 3.05) is 18.5 Å². The minimum absolute atomic E-state index is 0.0254. The minimum Gasteiger partial charge on any atom is -0.409 e. The van der Waals surface area contributed by atoms with Gasteiger partial charge in [0, 0.05) is 13.6 Å². The van der Waals surface area contributed by atoms with Gasteiger partial charge >= 0.3 is 0 Å². The molecule has 1 aromatic heterocycles. The predicted molar refractivity (Wildman–Crippen MR) is 65.1 cm³/mol. The highest BCUT2D eigenvalue weighted by molar-refractivity contribution is 5.94. The fourth-order valence-corrected chi connectivity index (χ4v) is 1.80. The lowest BCUT2D eigenvalue weighted by atomic mass is 10.3. The van der Waals surface area contributed by atoms with E-state index in [1.54, 1.807) is 6.20 Å². The molecule has 1 aliphatic rings. The third kappa shape index (κ3) is 2.64. The lowest BCUT2D eigenvalue weighted by Gasteiger charge is -2.17. The quantitative estimate of drug-likeness (QED) is 0.346. The maximum atomic E-state index is 8.51. The van der Waals surface area contributed by atoms with Gasteiger partial charge in [-0.05, 0) is 18.3 Å². The molecule has 1 aliphatic carbocycles. The van der Waals surface area contributed by atoms with Gasteiger partial charge in [0.2, 0.25) is 0 Å². The van der Waals surface area contributed by atoms with Crippen molar-refractivity contribution in [1.82, 2.24) is 9.97 Å². The zero-order chi connectivity index (χ0) is 12.4. The third-order valence-corrected chi connectivity index (χ3v) is 3.18. The first-order chi connectivity index (χ1) is 8.11. The molecule has 1 heterocycles. The van der Waals surface area contributed by atoms with Gasteiger partial charge in [-0.2, -0.15) is 0 Å². The highest BCUT2D eigenvalue weighted by atomic mass is 16.4. The van der Waals surface area contributed by atoms with Crippen molar-refractivity contribution >= 4 is 11.7 Å². The summed E-state index contributed by atoms with van der Waals surface area (Å²) in [6.45, 7) is 3.25. The number of anilines is 1. The van der Waals surface area contributed by atoms with E-state index in [0.29, 0.717) is 5.69 Å². The van der Waals surface area contributed by atoms with Crippen LogP contribution in [-0.2, 0) is 0 Å². The molecule has 17 heavy (non-hydrogen) atoms. The smallest absolute Gasteiger partial charge is 0.190 e. The fourth-order valence-electron chi connectivity index (χ4n) is 1.80. The van der Waals surface area contributed by atoms with E-state index in [4.69, 9.17) is 10.9 Å². The van der Waals surface area contributed by atoms with Crippen molar-refractivity contribution < 1.29 is 5.21 Å². The number of oxime groups is 1. The van der Waals surface area contributed by atoms with Crippen LogP contribution >= 0.6 is 0 Å². The normalized spacial score (nSPS) is 23.5. The summed E-state index contributed by atoms with van der Waals surface area (Å²) in [6, 6.07) is 0. The number of rotatable bonds is 4. The van der Waals surface area contributed by atoms with Crippen molar-refractivity contribution in [3.63, 3.8) is 0 Å². The van der Waals surface area contributed by atoms with Gasteiger partial charge in [0.25, 0.3) is 0 Å². The number of aromatic nitrogens is 2. The average molecular weight is 235 g/mol. The Morgan fingerprint density at radius 1 is 1.59 bits per heavy atom. The van der Waals surface area contributed by atoms with Crippen LogP contribution < -0.4 is 10.6 Å². The maximum Gasteiger partial charge on any atom is 0.190 e. The molecule has 0 radical (unpaired) electrons. The highest BCUT2D eigenvalue weighted by Gasteiger charge is 2.33. The van der Waals surface area contributed by atoms with E-state index < -0.39 is 0 Å². The number of hydrogen-bond acceptors (Lipinski definition) is 5. The monoisotopic (exact) mass is 235 g/mol. The molecule has 6 heteroatoms. The van der Waals surface area contributed by atoms with Crippen LogP contribution in [0.15, 0.2) is 17.5 Å². The van der Waals surface area contributed by atoms with Gasteiger partial charge in [-0.1, -0.05) is 12.1 Å². The van der Waals surface area contributed by atoms with E-state index >= 15 is 0 Å². The number of nitrogens with two attached hydrogens (primary N) is 1. The maximum absolute atomic E-state index is 8.51. The molecule has 1 saturated carbocycles. The Hall–Kier alpha value is -1.85. The standard InChI is InChI=1S/C11H17N5O/c1-7-3-8(7)6-16(2)10-5-13-9(4-14-10)11(12)15-17/h4-5,7-8,17H,3,6H2,1-2H3,(H2,12,15). The van der Waals surface area contributed by atoms with Gasteiger partial charge in [-0.15, -0.1) is 0 Å². The largest absolute Gasteiger partial charge is 0.409 e. The van der Waals surface area contributed by atoms with E-state index in [1.165, 1.54) is 12.6 Å². The van der Waals surface area contributed by atoms with Crippen molar-refractivity contribution in [1.29, 1.82) is 0 Å². The topological polar surface area (TPSA) is 87.6 Å². The zero-order valence-electron chi connectivity index (χ0n) is 10.0. The number of nitrogens with zero attached hydrogens (tertiary/aromatic N) is 4. The summed E-state index contributed by atoms with van der Waals surface area (Å²) in [4.78, 5) is 10.4. The lowest BCUT2D eigenvalue weighted by Crippen LogP contribution is -2.23. The summed E-state index contributed by atoms with van der Waals surface area (Å²) in [5.41, 5.74) is 5.79. The van der Waals surface area contributed by atoms with Crippen molar-refractivity contribution in [2.45, 2.75) is 13.3 Å². The summed E-state index contributed by atoms with van der Waals surface area (Å²) < 4.78 is 0. The van der Waals surface area contributed by atoms with Crippen LogP contribution in [0.5, 0.6) is 0 Å². The molecule has 0 bridgehead atoms. The van der Waals surface area contributed by atoms with Gasteiger partial charge in [-0.3, -0.25) is 0 Å². The average Bonchev–Trinajstić information content (AvgIpc) is 3.04. The molecule has 0 saturated heterocycles. The highest BCUT2D eigenvalue weighted by Crippen LogP contribution is 2.38. The van der Waals surface area contributed by atoms with Gasteiger partial charge in [0.05, 0.1) is 12.4 Å². The molecule has 1 aromatic rings. The third-order valence-electron chi connectivity index (χ3n) is 3.18. The Morgan fingerprint density at radius 3 is 2.76 bits per heavy atom. The summed E-state index contributed by atoms with van der Waals surface area (Å²) in [5.74, 6) is 2.37. The second kappa shape index (κ2) is 4.57. The Bertz CT molecular complexity index is 416. The van der Waals surface area contributed by atoms with Crippen molar-refractivity contribution in [3.8, 4) is 0 Å². The van der Waals surface area contributed by atoms with Gasteiger partial charge in [0.1, 0.15) is 11.5 Å². The molecule has 92 valence electrons. The first-order valence-electron chi connectivity index (χ1n) is 5.63. The Labute approximate surface area is 100 Å². The predicted octanol–water partition coefficient (Wildman–Crippen LogP) is 0.663. The minimum atomic E-state index is -0.0254. The van der Waals surface area contributed by atoms with E-state index in [1.807, 2.05) is 7.05 Å². The Balaban J connectivity index is 2.01. The van der Waals surface area contributed by atoms with E-state index in [0.717, 1.165) is 24.2 Å². The molecule has 0 aromatic carbocycles. The van der Waals surface area contributed by atoms with E-state index in [2.05, 4.69) is 26.9 Å². The first-order valence-corrected chi connectivity index (χ1v) is 5.63. The SMILES string of the molecule is CC1CC1CN(C)c1cnc(C(N)=NO)cn1. The summed E-state index contributed by atoms with van der Waals surface area (Å²) in [5, 5.41) is 11.4. The van der Waals surface area contributed by atoms with Crippen LogP contribution in [0.3, 0.4) is 0 Å². The van der Waals surface area contributed by atoms with Crippen LogP contribution in [0.2, 0.25) is 0 Å². The lowest BCUT2D eigenvalue weighted by molar-refractivity contribution is 0.318. The molecule has 6 nitrogen and oxygen atoms in total. The van der Waals surface area contributed by atoms with Crippen LogP contribution in [0.1, 0.15) is 19.0 Å². The van der Waals surface area contributed by atoms with Gasteiger partial charge in [0.15, 0.2) is 5.84 Å². The first kappa shape index (κ1) is 11.6. The molecule has 3 N–H and O–H groups in total.